The van der Waals surface area contributed by atoms with E-state index in [9.17, 15) is 9.59 Å². The first kappa shape index (κ1) is 18.0. The van der Waals surface area contributed by atoms with Crippen molar-refractivity contribution in [1.29, 1.82) is 0 Å². The zero-order valence-corrected chi connectivity index (χ0v) is 14.1. The fraction of sp³-hybridized carbons (Fsp3) is 0.211. The summed E-state index contributed by atoms with van der Waals surface area (Å²) >= 11 is 0. The molecule has 0 spiro atoms. The van der Waals surface area contributed by atoms with E-state index >= 15 is 0 Å². The molecule has 2 aromatic rings. The Morgan fingerprint density at radius 2 is 1.88 bits per heavy atom. The van der Waals surface area contributed by atoms with Crippen molar-refractivity contribution in [2.75, 3.05) is 18.5 Å². The average molecular weight is 337 g/mol. The number of carbonyl (C=O) groups is 2. The number of amides is 2. The number of pyridine rings is 1. The molecule has 2 N–H and O–H groups in total. The monoisotopic (exact) mass is 337 g/mol. The second kappa shape index (κ2) is 9.08. The van der Waals surface area contributed by atoms with Crippen LogP contribution in [0, 0.1) is 18.8 Å². The number of ether oxygens (including phenoxy) is 1. The van der Waals surface area contributed by atoms with E-state index in [2.05, 4.69) is 27.5 Å². The molecule has 128 valence electrons. The van der Waals surface area contributed by atoms with Crippen LogP contribution >= 0.6 is 0 Å². The number of anilines is 1. The smallest absolute Gasteiger partial charge is 0.252 e. The Balaban J connectivity index is 1.73. The molecule has 0 radical (unpaired) electrons. The zero-order valence-electron chi connectivity index (χ0n) is 14.1. The van der Waals surface area contributed by atoms with Gasteiger partial charge in [0.15, 0.2) is 0 Å². The van der Waals surface area contributed by atoms with Gasteiger partial charge in [0.1, 0.15) is 12.4 Å². The quantitative estimate of drug-likeness (QED) is 0.820. The zero-order chi connectivity index (χ0) is 18.1. The van der Waals surface area contributed by atoms with Crippen molar-refractivity contribution in [1.82, 2.24) is 10.3 Å². The van der Waals surface area contributed by atoms with Crippen LogP contribution in [-0.2, 0) is 4.79 Å². The van der Waals surface area contributed by atoms with Gasteiger partial charge in [-0.2, -0.15) is 0 Å². The third-order valence-corrected chi connectivity index (χ3v) is 3.13. The van der Waals surface area contributed by atoms with Gasteiger partial charge in [-0.25, -0.2) is 0 Å². The van der Waals surface area contributed by atoms with Gasteiger partial charge in [0.25, 0.3) is 5.91 Å². The molecular weight excluding hydrogens is 318 g/mol. The van der Waals surface area contributed by atoms with Gasteiger partial charge in [0.05, 0.1) is 12.7 Å². The lowest BCUT2D eigenvalue weighted by molar-refractivity contribution is -0.114. The molecule has 0 aliphatic carbocycles. The number of aromatic nitrogens is 1. The molecule has 2 amide bonds. The van der Waals surface area contributed by atoms with E-state index < -0.39 is 0 Å². The van der Waals surface area contributed by atoms with Crippen LogP contribution in [-0.4, -0.2) is 29.9 Å². The Morgan fingerprint density at radius 1 is 1.12 bits per heavy atom. The highest BCUT2D eigenvalue weighted by atomic mass is 16.5. The second-order valence-corrected chi connectivity index (χ2v) is 5.22. The van der Waals surface area contributed by atoms with Gasteiger partial charge in [-0.05, 0) is 43.3 Å². The molecule has 0 aliphatic heterocycles. The highest BCUT2D eigenvalue weighted by Crippen LogP contribution is 2.09. The fourth-order valence-electron chi connectivity index (χ4n) is 1.91. The third kappa shape index (κ3) is 6.36. The van der Waals surface area contributed by atoms with E-state index in [1.54, 1.807) is 30.5 Å². The number of hydrogen-bond donors (Lipinski definition) is 2. The molecular formula is C19H19N3O3. The topological polar surface area (TPSA) is 80.3 Å². The Labute approximate surface area is 146 Å². The predicted octanol–water partition coefficient (Wildman–Crippen LogP) is 2.16. The van der Waals surface area contributed by atoms with Gasteiger partial charge in [-0.15, -0.1) is 0 Å². The van der Waals surface area contributed by atoms with Crippen LogP contribution in [0.4, 0.5) is 5.69 Å². The Kier molecular flexibility index (Phi) is 6.55. The van der Waals surface area contributed by atoms with E-state index in [-0.39, 0.29) is 25.0 Å². The van der Waals surface area contributed by atoms with Crippen molar-refractivity contribution in [2.45, 2.75) is 13.8 Å². The lowest BCUT2D eigenvalue weighted by Gasteiger charge is -2.04. The van der Waals surface area contributed by atoms with Crippen molar-refractivity contribution in [3.8, 4) is 17.6 Å². The van der Waals surface area contributed by atoms with Crippen molar-refractivity contribution in [3.63, 3.8) is 0 Å². The van der Waals surface area contributed by atoms with Crippen LogP contribution in [0.25, 0.3) is 0 Å². The van der Waals surface area contributed by atoms with E-state index in [0.29, 0.717) is 17.0 Å². The number of carbonyl (C=O) groups excluding carboxylic acids is 2. The van der Waals surface area contributed by atoms with Crippen LogP contribution < -0.4 is 15.4 Å². The number of aryl methyl sites for hydroxylation is 1. The van der Waals surface area contributed by atoms with Gasteiger partial charge in [0.2, 0.25) is 5.91 Å². The van der Waals surface area contributed by atoms with E-state index in [0.717, 1.165) is 5.69 Å². The number of hydrogen-bond acceptors (Lipinski definition) is 4. The number of benzene rings is 1. The molecule has 2 rings (SSSR count). The van der Waals surface area contributed by atoms with Crippen LogP contribution in [0.3, 0.4) is 0 Å². The molecule has 0 aliphatic rings. The molecule has 0 unspecified atom stereocenters. The molecule has 6 nitrogen and oxygen atoms in total. The number of rotatable bonds is 5. The normalized spacial score (nSPS) is 9.52. The van der Waals surface area contributed by atoms with E-state index in [1.165, 1.54) is 6.92 Å². The summed E-state index contributed by atoms with van der Waals surface area (Å²) in [7, 11) is 0. The van der Waals surface area contributed by atoms with Gasteiger partial charge in [-0.1, -0.05) is 11.8 Å². The first-order valence-electron chi connectivity index (χ1n) is 7.71. The van der Waals surface area contributed by atoms with Gasteiger partial charge in [-0.3, -0.25) is 14.6 Å². The molecule has 0 atom stereocenters. The Morgan fingerprint density at radius 3 is 2.52 bits per heavy atom. The van der Waals surface area contributed by atoms with Crippen molar-refractivity contribution in [3.05, 3.63) is 53.9 Å². The molecule has 6 heteroatoms. The van der Waals surface area contributed by atoms with Crippen LogP contribution in [0.15, 0.2) is 42.6 Å². The van der Waals surface area contributed by atoms with Gasteiger partial charge < -0.3 is 15.4 Å². The lowest BCUT2D eigenvalue weighted by atomic mass is 10.2. The summed E-state index contributed by atoms with van der Waals surface area (Å²) in [5.74, 6) is 5.91. The number of nitrogens with zero attached hydrogens (tertiary/aromatic N) is 1. The summed E-state index contributed by atoms with van der Waals surface area (Å²) in [6, 6.07) is 10.3. The summed E-state index contributed by atoms with van der Waals surface area (Å²) in [6.07, 6.45) is 1.64. The second-order valence-electron chi connectivity index (χ2n) is 5.22. The first-order chi connectivity index (χ1) is 12.0. The maximum Gasteiger partial charge on any atom is 0.252 e. The third-order valence-electron chi connectivity index (χ3n) is 3.13. The summed E-state index contributed by atoms with van der Waals surface area (Å²) in [5.41, 5.74) is 2.07. The molecule has 1 aromatic heterocycles. The minimum atomic E-state index is -0.229. The minimum absolute atomic E-state index is 0.156. The molecule has 0 saturated carbocycles. The van der Waals surface area contributed by atoms with E-state index in [1.807, 2.05) is 19.1 Å². The maximum atomic E-state index is 12.0. The van der Waals surface area contributed by atoms with Crippen molar-refractivity contribution in [2.24, 2.45) is 0 Å². The highest BCUT2D eigenvalue weighted by Gasteiger charge is 2.04. The highest BCUT2D eigenvalue weighted by molar-refractivity contribution is 5.95. The standard InChI is InChI=1S/C19H19N3O3/c1-14-5-10-18(13-21-14)25-12-4-3-11-20-19(24)16-6-8-17(9-7-16)22-15(2)23/h5-10,13H,11-12H2,1-2H3,(H,20,24)(H,22,23). The molecule has 0 saturated heterocycles. The Bertz CT molecular complexity index is 787. The summed E-state index contributed by atoms with van der Waals surface area (Å²) in [4.78, 5) is 27.0. The maximum absolute atomic E-state index is 12.0. The average Bonchev–Trinajstić information content (AvgIpc) is 2.59. The van der Waals surface area contributed by atoms with Gasteiger partial charge >= 0.3 is 0 Å². The SMILES string of the molecule is CC(=O)Nc1ccc(C(=O)NCC#CCOc2ccc(C)nc2)cc1. The van der Waals surface area contributed by atoms with Gasteiger partial charge in [0, 0.05) is 23.9 Å². The van der Waals surface area contributed by atoms with Crippen molar-refractivity contribution >= 4 is 17.5 Å². The molecule has 1 aromatic carbocycles. The van der Waals surface area contributed by atoms with Crippen LogP contribution in [0.2, 0.25) is 0 Å². The lowest BCUT2D eigenvalue weighted by Crippen LogP contribution is -2.23. The summed E-state index contributed by atoms with van der Waals surface area (Å²) in [6.45, 7) is 3.78. The fourth-order valence-corrected chi connectivity index (χ4v) is 1.91. The predicted molar refractivity (Wildman–Crippen MR) is 95.3 cm³/mol. The molecule has 0 fully saturated rings. The van der Waals surface area contributed by atoms with Crippen LogP contribution in [0.5, 0.6) is 5.75 Å². The molecule has 25 heavy (non-hydrogen) atoms. The van der Waals surface area contributed by atoms with E-state index in [4.69, 9.17) is 4.74 Å². The molecule has 1 heterocycles. The van der Waals surface area contributed by atoms with Crippen molar-refractivity contribution < 1.29 is 14.3 Å². The summed E-state index contributed by atoms with van der Waals surface area (Å²) in [5, 5.41) is 5.34. The first-order valence-corrected chi connectivity index (χ1v) is 7.71. The molecule has 0 bridgehead atoms. The largest absolute Gasteiger partial charge is 0.479 e. The minimum Gasteiger partial charge on any atom is -0.479 e. The number of nitrogens with one attached hydrogen (secondary N) is 2. The Hall–Kier alpha value is -3.33. The van der Waals surface area contributed by atoms with Crippen LogP contribution in [0.1, 0.15) is 23.0 Å². The summed E-state index contributed by atoms with van der Waals surface area (Å²) < 4.78 is 5.41.